The lowest BCUT2D eigenvalue weighted by Crippen LogP contribution is -2.40. The topological polar surface area (TPSA) is 49.9 Å². The van der Waals surface area contributed by atoms with Crippen LogP contribution in [0.3, 0.4) is 0 Å². The minimum atomic E-state index is -0.551. The highest BCUT2D eigenvalue weighted by Gasteiger charge is 2.33. The first-order chi connectivity index (χ1) is 16.1. The molecule has 0 saturated heterocycles. The van der Waals surface area contributed by atoms with Crippen LogP contribution in [0.15, 0.2) is 48.5 Å². The van der Waals surface area contributed by atoms with Crippen LogP contribution in [-0.2, 0) is 22.4 Å². The van der Waals surface area contributed by atoms with E-state index in [9.17, 15) is 9.59 Å². The van der Waals surface area contributed by atoms with Crippen LogP contribution in [0.5, 0.6) is 0 Å². The average Bonchev–Trinajstić information content (AvgIpc) is 3.19. The third-order valence-corrected chi connectivity index (χ3v) is 6.12. The number of hydrogen-bond donors (Lipinski definition) is 0. The van der Waals surface area contributed by atoms with Crippen molar-refractivity contribution in [3.05, 3.63) is 70.8 Å². The van der Waals surface area contributed by atoms with Gasteiger partial charge >= 0.3 is 6.09 Å². The Labute approximate surface area is 204 Å². The lowest BCUT2D eigenvalue weighted by atomic mass is 10.0. The summed E-state index contributed by atoms with van der Waals surface area (Å²) >= 11 is 0. The predicted octanol–water partition coefficient (Wildman–Crippen LogP) is 6.21. The molecule has 0 spiro atoms. The number of ether oxygens (including phenoxy) is 1. The highest BCUT2D eigenvalue weighted by atomic mass is 16.6. The molecule has 1 unspecified atom stereocenters. The second-order valence-electron chi connectivity index (χ2n) is 10.2. The van der Waals surface area contributed by atoms with Crippen molar-refractivity contribution in [1.29, 1.82) is 0 Å². The Morgan fingerprint density at radius 1 is 1.09 bits per heavy atom. The molecule has 2 aromatic rings. The number of ketones is 1. The van der Waals surface area contributed by atoms with Gasteiger partial charge in [-0.2, -0.15) is 0 Å². The van der Waals surface area contributed by atoms with Gasteiger partial charge in [-0.3, -0.25) is 4.79 Å². The standard InChI is InChI=1S/C29H38N2O3/c1-7-25(32)15-10-22-11-16-26-23(20-22)12-17-27(26)31(28(33)34-29(2,3)4)19-18-21-8-13-24(14-9-21)30(5)6/h8-11,13-16,20,27H,7,12,17-19H2,1-6H3. The Kier molecular flexibility index (Phi) is 8.19. The summed E-state index contributed by atoms with van der Waals surface area (Å²) in [5.74, 6) is 0.119. The van der Waals surface area contributed by atoms with E-state index >= 15 is 0 Å². The molecule has 182 valence electrons. The second kappa shape index (κ2) is 10.9. The van der Waals surface area contributed by atoms with Crippen molar-refractivity contribution >= 4 is 23.6 Å². The zero-order chi connectivity index (χ0) is 24.9. The van der Waals surface area contributed by atoms with Crippen LogP contribution in [0.1, 0.15) is 68.8 Å². The predicted molar refractivity (Wildman–Crippen MR) is 139 cm³/mol. The molecule has 1 aliphatic carbocycles. The van der Waals surface area contributed by atoms with Gasteiger partial charge in [0.15, 0.2) is 5.78 Å². The molecule has 34 heavy (non-hydrogen) atoms. The molecule has 0 saturated carbocycles. The summed E-state index contributed by atoms with van der Waals surface area (Å²) < 4.78 is 5.80. The van der Waals surface area contributed by atoms with Crippen molar-refractivity contribution in [2.24, 2.45) is 0 Å². The van der Waals surface area contributed by atoms with E-state index in [-0.39, 0.29) is 17.9 Å². The van der Waals surface area contributed by atoms with Crippen LogP contribution < -0.4 is 4.90 Å². The average molecular weight is 463 g/mol. The van der Waals surface area contributed by atoms with Gasteiger partial charge in [-0.1, -0.05) is 43.3 Å². The number of aryl methyl sites for hydroxylation is 1. The van der Waals surface area contributed by atoms with Crippen molar-refractivity contribution in [3.8, 4) is 0 Å². The van der Waals surface area contributed by atoms with Crippen LogP contribution >= 0.6 is 0 Å². The van der Waals surface area contributed by atoms with E-state index < -0.39 is 5.60 Å². The van der Waals surface area contributed by atoms with Gasteiger partial charge < -0.3 is 14.5 Å². The van der Waals surface area contributed by atoms with Gasteiger partial charge in [-0.25, -0.2) is 4.79 Å². The molecule has 5 heteroatoms. The molecular weight excluding hydrogens is 424 g/mol. The van der Waals surface area contributed by atoms with E-state index in [2.05, 4.69) is 41.3 Å². The van der Waals surface area contributed by atoms with Crippen LogP contribution in [-0.4, -0.2) is 43.0 Å². The van der Waals surface area contributed by atoms with E-state index in [0.29, 0.717) is 13.0 Å². The number of carbonyl (C=O) groups excluding carboxylic acids is 2. The molecule has 1 aliphatic rings. The molecule has 5 nitrogen and oxygen atoms in total. The Morgan fingerprint density at radius 2 is 1.79 bits per heavy atom. The minimum Gasteiger partial charge on any atom is -0.444 e. The van der Waals surface area contributed by atoms with Gasteiger partial charge in [0.2, 0.25) is 0 Å². The van der Waals surface area contributed by atoms with E-state index in [1.807, 2.05) is 58.8 Å². The molecule has 0 N–H and O–H groups in total. The molecule has 0 heterocycles. The fourth-order valence-corrected chi connectivity index (χ4v) is 4.25. The maximum Gasteiger partial charge on any atom is 0.410 e. The third kappa shape index (κ3) is 6.72. The van der Waals surface area contributed by atoms with Crippen molar-refractivity contribution in [1.82, 2.24) is 4.90 Å². The van der Waals surface area contributed by atoms with Gasteiger partial charge in [-0.05, 0) is 80.5 Å². The van der Waals surface area contributed by atoms with Gasteiger partial charge in [0.1, 0.15) is 5.60 Å². The van der Waals surface area contributed by atoms with Crippen molar-refractivity contribution in [2.75, 3.05) is 25.5 Å². The molecule has 0 fully saturated rings. The minimum absolute atomic E-state index is 0.0128. The summed E-state index contributed by atoms with van der Waals surface area (Å²) in [7, 11) is 4.05. The highest BCUT2D eigenvalue weighted by Crippen LogP contribution is 2.37. The fourth-order valence-electron chi connectivity index (χ4n) is 4.25. The molecule has 0 bridgehead atoms. The van der Waals surface area contributed by atoms with Crippen LogP contribution in [0.25, 0.3) is 6.08 Å². The Balaban J connectivity index is 1.81. The molecule has 0 aliphatic heterocycles. The number of amides is 1. The van der Waals surface area contributed by atoms with Crippen LogP contribution in [0, 0.1) is 0 Å². The lowest BCUT2D eigenvalue weighted by molar-refractivity contribution is -0.114. The van der Waals surface area contributed by atoms with Gasteiger partial charge in [0.25, 0.3) is 0 Å². The number of fused-ring (bicyclic) bond motifs is 1. The second-order valence-corrected chi connectivity index (χ2v) is 10.2. The molecular formula is C29H38N2O3. The van der Waals surface area contributed by atoms with Crippen molar-refractivity contribution in [3.63, 3.8) is 0 Å². The molecule has 1 amide bonds. The summed E-state index contributed by atoms with van der Waals surface area (Å²) in [5, 5.41) is 0. The summed E-state index contributed by atoms with van der Waals surface area (Å²) in [6, 6.07) is 14.7. The van der Waals surface area contributed by atoms with E-state index in [4.69, 9.17) is 4.74 Å². The number of carbonyl (C=O) groups is 2. The quantitative estimate of drug-likeness (QED) is 0.438. The smallest absolute Gasteiger partial charge is 0.410 e. The number of anilines is 1. The van der Waals surface area contributed by atoms with Crippen molar-refractivity contribution < 1.29 is 14.3 Å². The largest absolute Gasteiger partial charge is 0.444 e. The van der Waals surface area contributed by atoms with E-state index in [0.717, 1.165) is 30.5 Å². The third-order valence-electron chi connectivity index (χ3n) is 6.12. The summed E-state index contributed by atoms with van der Waals surface area (Å²) in [4.78, 5) is 28.9. The molecule has 2 aromatic carbocycles. The Hall–Kier alpha value is -3.08. The first kappa shape index (κ1) is 25.5. The molecule has 3 rings (SSSR count). The van der Waals surface area contributed by atoms with Crippen LogP contribution in [0.2, 0.25) is 0 Å². The molecule has 0 aromatic heterocycles. The number of benzene rings is 2. The van der Waals surface area contributed by atoms with E-state index in [1.54, 1.807) is 6.08 Å². The van der Waals surface area contributed by atoms with E-state index in [1.165, 1.54) is 16.7 Å². The highest BCUT2D eigenvalue weighted by molar-refractivity contribution is 5.93. The monoisotopic (exact) mass is 462 g/mol. The van der Waals surface area contributed by atoms with Crippen LogP contribution in [0.4, 0.5) is 10.5 Å². The summed E-state index contributed by atoms with van der Waals surface area (Å²) in [6.45, 7) is 8.17. The number of hydrogen-bond acceptors (Lipinski definition) is 4. The number of allylic oxidation sites excluding steroid dienone is 1. The first-order valence-corrected chi connectivity index (χ1v) is 12.2. The zero-order valence-corrected chi connectivity index (χ0v) is 21.4. The molecule has 1 atom stereocenters. The van der Waals surface area contributed by atoms with Gasteiger partial charge in [0, 0.05) is 32.7 Å². The maximum absolute atomic E-state index is 13.2. The van der Waals surface area contributed by atoms with Gasteiger partial charge in [0.05, 0.1) is 6.04 Å². The SMILES string of the molecule is CCC(=O)C=Cc1ccc2c(c1)CCC2N(CCc1ccc(N(C)C)cc1)C(=O)OC(C)(C)C. The maximum atomic E-state index is 13.2. The van der Waals surface area contributed by atoms with Crippen molar-refractivity contribution in [2.45, 2.75) is 65.0 Å². The lowest BCUT2D eigenvalue weighted by Gasteiger charge is -2.32. The zero-order valence-electron chi connectivity index (χ0n) is 21.4. The normalized spacial score (nSPS) is 15.3. The fraction of sp³-hybridized carbons (Fsp3) is 0.448. The summed E-state index contributed by atoms with van der Waals surface area (Å²) in [6.07, 6.45) is 6.29. The Bertz CT molecular complexity index is 1030. The Morgan fingerprint density at radius 3 is 2.41 bits per heavy atom. The molecule has 0 radical (unpaired) electrons. The number of nitrogens with zero attached hydrogens (tertiary/aromatic N) is 2. The number of rotatable bonds is 8. The first-order valence-electron chi connectivity index (χ1n) is 12.2. The summed E-state index contributed by atoms with van der Waals surface area (Å²) in [5.41, 5.74) is 5.23. The van der Waals surface area contributed by atoms with Gasteiger partial charge in [-0.15, -0.1) is 0 Å².